The molecule has 1 heterocycles. The number of unbranched alkanes of at least 4 members (excludes halogenated alkanes) is 9. The number of aliphatic carboxylic acids is 1. The molecule has 0 aromatic heterocycles. The highest BCUT2D eigenvalue weighted by Crippen LogP contribution is 2.13. The fraction of sp³-hybridized carbons (Fsp3) is 0.850. The Morgan fingerprint density at radius 1 is 0.815 bits per heavy atom. The van der Waals surface area contributed by atoms with Gasteiger partial charge in [0.15, 0.2) is 0 Å². The lowest BCUT2D eigenvalue weighted by atomic mass is 10.1. The second-order valence-corrected chi connectivity index (χ2v) is 7.05. The Labute approximate surface area is 162 Å². The average Bonchev–Trinajstić information content (AvgIpc) is 3.04. The molecular formula is C20H37F3N2O2. The van der Waals surface area contributed by atoms with Crippen molar-refractivity contribution in [1.82, 2.24) is 9.80 Å². The van der Waals surface area contributed by atoms with Crippen LogP contribution >= 0.6 is 0 Å². The van der Waals surface area contributed by atoms with Crippen molar-refractivity contribution in [2.75, 3.05) is 19.8 Å². The van der Waals surface area contributed by atoms with Crippen LogP contribution in [0, 0.1) is 0 Å². The summed E-state index contributed by atoms with van der Waals surface area (Å²) in [4.78, 5) is 13.8. The first-order valence-electron chi connectivity index (χ1n) is 10.3. The summed E-state index contributed by atoms with van der Waals surface area (Å²) >= 11 is 0. The maximum absolute atomic E-state index is 10.6. The molecule has 4 nitrogen and oxygen atoms in total. The zero-order valence-electron chi connectivity index (χ0n) is 16.9. The average molecular weight is 395 g/mol. The van der Waals surface area contributed by atoms with Crippen LogP contribution in [-0.4, -0.2) is 46.8 Å². The lowest BCUT2D eigenvalue weighted by Crippen LogP contribution is -2.26. The van der Waals surface area contributed by atoms with Crippen LogP contribution in [0.5, 0.6) is 0 Å². The number of carbonyl (C=O) groups is 1. The Kier molecular flexibility index (Phi) is 14.8. The van der Waals surface area contributed by atoms with E-state index in [4.69, 9.17) is 9.90 Å². The molecule has 1 rings (SSSR count). The molecule has 0 radical (unpaired) electrons. The predicted octanol–water partition coefficient (Wildman–Crippen LogP) is 6.00. The summed E-state index contributed by atoms with van der Waals surface area (Å²) in [5.74, 6) is -2.76. The van der Waals surface area contributed by atoms with Gasteiger partial charge in [0.1, 0.15) is 0 Å². The minimum atomic E-state index is -5.08. The quantitative estimate of drug-likeness (QED) is 0.389. The monoisotopic (exact) mass is 394 g/mol. The van der Waals surface area contributed by atoms with Gasteiger partial charge in [-0.15, -0.1) is 0 Å². The fourth-order valence-electron chi connectivity index (χ4n) is 2.90. The molecule has 0 saturated carbocycles. The summed E-state index contributed by atoms with van der Waals surface area (Å²) in [5, 5.41) is 7.12. The number of rotatable bonds is 13. The Hall–Kier alpha value is -1.40. The van der Waals surface area contributed by atoms with E-state index in [-0.39, 0.29) is 0 Å². The van der Waals surface area contributed by atoms with E-state index in [0.717, 1.165) is 6.67 Å². The Balaban J connectivity index is 0.000000821. The standard InChI is InChI=1S/C18H36N2.C2HF3O2/c1-3-5-6-7-8-9-10-11-12-13-15-20-17-16-19(18-20)14-4-2;3-2(4,5)1(6)7/h16-17H,3-15,18H2,1-2H3;(H,6,7). The third kappa shape index (κ3) is 15.4. The van der Waals surface area contributed by atoms with Gasteiger partial charge in [-0.1, -0.05) is 71.6 Å². The van der Waals surface area contributed by atoms with Gasteiger partial charge >= 0.3 is 12.1 Å². The van der Waals surface area contributed by atoms with Crippen LogP contribution in [0.3, 0.4) is 0 Å². The first kappa shape index (κ1) is 25.6. The van der Waals surface area contributed by atoms with E-state index in [0.29, 0.717) is 0 Å². The topological polar surface area (TPSA) is 43.8 Å². The van der Waals surface area contributed by atoms with Crippen molar-refractivity contribution < 1.29 is 23.1 Å². The number of alkyl halides is 3. The smallest absolute Gasteiger partial charge is 0.475 e. The molecule has 0 atom stereocenters. The molecule has 0 bridgehead atoms. The van der Waals surface area contributed by atoms with E-state index >= 15 is 0 Å². The molecule has 160 valence electrons. The van der Waals surface area contributed by atoms with Crippen molar-refractivity contribution in [1.29, 1.82) is 0 Å². The Morgan fingerprint density at radius 2 is 1.22 bits per heavy atom. The molecule has 27 heavy (non-hydrogen) atoms. The molecule has 0 amide bonds. The van der Waals surface area contributed by atoms with Crippen LogP contribution in [0.2, 0.25) is 0 Å². The maximum atomic E-state index is 10.6. The molecule has 0 saturated heterocycles. The molecule has 1 aliphatic heterocycles. The van der Waals surface area contributed by atoms with Gasteiger partial charge in [0.25, 0.3) is 0 Å². The number of carboxylic acid groups (broad SMARTS) is 1. The predicted molar refractivity (Wildman–Crippen MR) is 103 cm³/mol. The van der Waals surface area contributed by atoms with Crippen molar-refractivity contribution in [2.45, 2.75) is 90.7 Å². The molecule has 0 aromatic rings. The van der Waals surface area contributed by atoms with Crippen LogP contribution in [0.15, 0.2) is 12.4 Å². The van der Waals surface area contributed by atoms with Crippen LogP contribution in [-0.2, 0) is 4.79 Å². The fourth-order valence-corrected chi connectivity index (χ4v) is 2.90. The SMILES string of the molecule is CCCCCCCCCCCCN1C=CN(CCC)C1.O=C(O)C(F)(F)F. The first-order chi connectivity index (χ1) is 12.8. The van der Waals surface area contributed by atoms with Gasteiger partial charge in [-0.3, -0.25) is 0 Å². The normalized spacial score (nSPS) is 13.7. The van der Waals surface area contributed by atoms with Gasteiger partial charge in [0.05, 0.1) is 6.67 Å². The summed E-state index contributed by atoms with van der Waals surface area (Å²) in [6, 6.07) is 0. The van der Waals surface area contributed by atoms with Crippen molar-refractivity contribution in [3.63, 3.8) is 0 Å². The number of hydrogen-bond donors (Lipinski definition) is 1. The summed E-state index contributed by atoms with van der Waals surface area (Å²) in [6.07, 6.45) is 14.9. The zero-order valence-corrected chi connectivity index (χ0v) is 16.9. The minimum Gasteiger partial charge on any atom is -0.475 e. The number of hydrogen-bond acceptors (Lipinski definition) is 3. The third-order valence-corrected chi connectivity index (χ3v) is 4.40. The third-order valence-electron chi connectivity index (χ3n) is 4.40. The molecule has 7 heteroatoms. The van der Waals surface area contributed by atoms with Crippen LogP contribution in [0.1, 0.15) is 84.5 Å². The number of halogens is 3. The summed E-state index contributed by atoms with van der Waals surface area (Å²) in [6.45, 7) is 8.10. The molecule has 0 fully saturated rings. The van der Waals surface area contributed by atoms with E-state index in [1.165, 1.54) is 83.7 Å². The molecule has 0 unspecified atom stereocenters. The summed E-state index contributed by atoms with van der Waals surface area (Å²) < 4.78 is 31.7. The molecule has 0 aliphatic carbocycles. The maximum Gasteiger partial charge on any atom is 0.490 e. The largest absolute Gasteiger partial charge is 0.490 e. The van der Waals surface area contributed by atoms with E-state index in [1.54, 1.807) is 0 Å². The molecule has 0 spiro atoms. The lowest BCUT2D eigenvalue weighted by Gasteiger charge is -2.20. The Morgan fingerprint density at radius 3 is 1.63 bits per heavy atom. The number of nitrogens with zero attached hydrogens (tertiary/aromatic N) is 2. The van der Waals surface area contributed by atoms with Gasteiger partial charge in [-0.05, 0) is 12.8 Å². The molecule has 0 aromatic carbocycles. The lowest BCUT2D eigenvalue weighted by molar-refractivity contribution is -0.192. The highest BCUT2D eigenvalue weighted by molar-refractivity contribution is 5.73. The van der Waals surface area contributed by atoms with Crippen molar-refractivity contribution in [2.24, 2.45) is 0 Å². The van der Waals surface area contributed by atoms with Gasteiger partial charge < -0.3 is 14.9 Å². The highest BCUT2D eigenvalue weighted by Gasteiger charge is 2.38. The minimum absolute atomic E-state index is 1.12. The van der Waals surface area contributed by atoms with Crippen LogP contribution in [0.4, 0.5) is 13.2 Å². The Bertz CT molecular complexity index is 401. The van der Waals surface area contributed by atoms with Crippen LogP contribution < -0.4 is 0 Å². The van der Waals surface area contributed by atoms with E-state index in [9.17, 15) is 13.2 Å². The van der Waals surface area contributed by atoms with Crippen molar-refractivity contribution in [3.8, 4) is 0 Å². The van der Waals surface area contributed by atoms with Crippen molar-refractivity contribution in [3.05, 3.63) is 12.4 Å². The highest BCUT2D eigenvalue weighted by atomic mass is 19.4. The van der Waals surface area contributed by atoms with Gasteiger partial charge in [0.2, 0.25) is 0 Å². The van der Waals surface area contributed by atoms with E-state index in [1.807, 2.05) is 0 Å². The number of carboxylic acids is 1. The van der Waals surface area contributed by atoms with Gasteiger partial charge in [-0.2, -0.15) is 13.2 Å². The molecular weight excluding hydrogens is 357 g/mol. The molecule has 1 N–H and O–H groups in total. The van der Waals surface area contributed by atoms with E-state index in [2.05, 4.69) is 36.0 Å². The van der Waals surface area contributed by atoms with Crippen LogP contribution in [0.25, 0.3) is 0 Å². The summed E-state index contributed by atoms with van der Waals surface area (Å²) in [5.41, 5.74) is 0. The zero-order chi connectivity index (χ0) is 20.5. The van der Waals surface area contributed by atoms with Gasteiger partial charge in [0, 0.05) is 25.5 Å². The second kappa shape index (κ2) is 15.6. The van der Waals surface area contributed by atoms with Gasteiger partial charge in [-0.25, -0.2) is 4.79 Å². The molecule has 1 aliphatic rings. The van der Waals surface area contributed by atoms with E-state index < -0.39 is 12.1 Å². The summed E-state index contributed by atoms with van der Waals surface area (Å²) in [7, 11) is 0. The first-order valence-corrected chi connectivity index (χ1v) is 10.3. The van der Waals surface area contributed by atoms with Crippen molar-refractivity contribution >= 4 is 5.97 Å². The second-order valence-electron chi connectivity index (χ2n) is 7.05.